The Hall–Kier alpha value is -2.77. The molecule has 0 aliphatic heterocycles. The Morgan fingerprint density at radius 3 is 2.78 bits per heavy atom. The third-order valence-corrected chi connectivity index (χ3v) is 2.67. The summed E-state index contributed by atoms with van der Waals surface area (Å²) in [5, 5.41) is 3.65. The first-order valence-electron chi connectivity index (χ1n) is 6.53. The van der Waals surface area contributed by atoms with Gasteiger partial charge in [-0.3, -0.25) is 4.79 Å². The number of carbonyl (C=O) groups is 1. The van der Waals surface area contributed by atoms with Gasteiger partial charge in [-0.2, -0.15) is 18.3 Å². The summed E-state index contributed by atoms with van der Waals surface area (Å²) >= 11 is 0. The number of hydrogen-bond donors (Lipinski definition) is 1. The number of nitrogens with zero attached hydrogens (tertiary/aromatic N) is 1. The molecule has 2 rings (SSSR count). The fourth-order valence-corrected chi connectivity index (χ4v) is 1.63. The Morgan fingerprint density at radius 2 is 2.13 bits per heavy atom. The molecular formula is C15H13F3N2O3. The highest BCUT2D eigenvalue weighted by Gasteiger charge is 2.30. The van der Waals surface area contributed by atoms with Gasteiger partial charge in [0, 0.05) is 0 Å². The number of nitrogens with one attached hydrogen (secondary N) is 1. The van der Waals surface area contributed by atoms with E-state index in [-0.39, 0.29) is 5.75 Å². The minimum absolute atomic E-state index is 0.0550. The summed E-state index contributed by atoms with van der Waals surface area (Å²) in [7, 11) is 0. The van der Waals surface area contributed by atoms with E-state index < -0.39 is 24.3 Å². The third kappa shape index (κ3) is 5.17. The Kier molecular flexibility index (Phi) is 5.05. The summed E-state index contributed by atoms with van der Waals surface area (Å²) < 4.78 is 47.8. The minimum atomic E-state index is -4.47. The second-order valence-corrected chi connectivity index (χ2v) is 4.56. The molecule has 0 radical (unpaired) electrons. The van der Waals surface area contributed by atoms with Crippen molar-refractivity contribution in [1.82, 2.24) is 5.43 Å². The number of hydrogen-bond acceptors (Lipinski definition) is 4. The van der Waals surface area contributed by atoms with E-state index in [1.54, 1.807) is 19.1 Å². The van der Waals surface area contributed by atoms with Crippen LogP contribution in [-0.4, -0.2) is 18.7 Å². The van der Waals surface area contributed by atoms with Gasteiger partial charge in [-0.1, -0.05) is 6.07 Å². The van der Waals surface area contributed by atoms with Crippen molar-refractivity contribution in [1.29, 1.82) is 0 Å². The lowest BCUT2D eigenvalue weighted by molar-refractivity contribution is -0.137. The number of carbonyl (C=O) groups excluding carboxylic acids is 1. The van der Waals surface area contributed by atoms with Crippen LogP contribution >= 0.6 is 0 Å². The Bertz CT molecular complexity index is 708. The maximum absolute atomic E-state index is 12.5. The molecule has 1 N–H and O–H groups in total. The van der Waals surface area contributed by atoms with E-state index in [4.69, 9.17) is 9.15 Å². The summed E-state index contributed by atoms with van der Waals surface area (Å²) in [5.74, 6) is 0.495. The van der Waals surface area contributed by atoms with E-state index in [1.807, 2.05) is 0 Å². The summed E-state index contributed by atoms with van der Waals surface area (Å²) in [6.45, 7) is 1.30. The zero-order valence-electron chi connectivity index (χ0n) is 12.1. The lowest BCUT2D eigenvalue weighted by Gasteiger charge is -2.09. The number of rotatable bonds is 5. The highest BCUT2D eigenvalue weighted by atomic mass is 19.4. The zero-order valence-corrected chi connectivity index (χ0v) is 12.1. The van der Waals surface area contributed by atoms with Gasteiger partial charge in [-0.15, -0.1) is 0 Å². The predicted molar refractivity (Wildman–Crippen MR) is 76.1 cm³/mol. The van der Waals surface area contributed by atoms with Crippen LogP contribution < -0.4 is 10.2 Å². The van der Waals surface area contributed by atoms with Crippen LogP contribution in [0.2, 0.25) is 0 Å². The van der Waals surface area contributed by atoms with Crippen molar-refractivity contribution in [2.75, 3.05) is 6.61 Å². The van der Waals surface area contributed by atoms with Gasteiger partial charge in [0.15, 0.2) is 6.61 Å². The third-order valence-electron chi connectivity index (χ3n) is 2.67. The molecule has 0 saturated carbocycles. The largest absolute Gasteiger partial charge is 0.484 e. The van der Waals surface area contributed by atoms with Gasteiger partial charge in [-0.25, -0.2) is 5.43 Å². The van der Waals surface area contributed by atoms with Crippen LogP contribution in [0.5, 0.6) is 5.75 Å². The van der Waals surface area contributed by atoms with E-state index in [0.717, 1.165) is 12.1 Å². The number of furan rings is 1. The monoisotopic (exact) mass is 326 g/mol. The molecule has 122 valence electrons. The number of ether oxygens (including phenoxy) is 1. The average molecular weight is 326 g/mol. The number of amides is 1. The predicted octanol–water partition coefficient (Wildman–Crippen LogP) is 3.14. The molecule has 1 amide bonds. The maximum atomic E-state index is 12.5. The second kappa shape index (κ2) is 6.99. The molecule has 0 fully saturated rings. The molecular weight excluding hydrogens is 313 g/mol. The smallest absolute Gasteiger partial charge is 0.416 e. The highest BCUT2D eigenvalue weighted by molar-refractivity contribution is 5.81. The normalized spacial score (nSPS) is 11.7. The van der Waals surface area contributed by atoms with Crippen molar-refractivity contribution in [3.8, 4) is 5.75 Å². The fraction of sp³-hybridized carbons (Fsp3) is 0.200. The van der Waals surface area contributed by atoms with Crippen molar-refractivity contribution in [3.63, 3.8) is 0 Å². The van der Waals surface area contributed by atoms with Crippen LogP contribution in [0.3, 0.4) is 0 Å². The van der Waals surface area contributed by atoms with E-state index >= 15 is 0 Å². The van der Waals surface area contributed by atoms with Gasteiger partial charge in [0.1, 0.15) is 17.3 Å². The summed E-state index contributed by atoms with van der Waals surface area (Å²) in [6.07, 6.45) is -3.16. The Labute approximate surface area is 129 Å². The van der Waals surface area contributed by atoms with Crippen molar-refractivity contribution >= 4 is 12.1 Å². The lowest BCUT2D eigenvalue weighted by Crippen LogP contribution is -2.24. The van der Waals surface area contributed by atoms with Crippen LogP contribution in [0.1, 0.15) is 17.1 Å². The topological polar surface area (TPSA) is 63.8 Å². The number of alkyl halides is 3. The quantitative estimate of drug-likeness (QED) is 0.678. The molecule has 2 aromatic rings. The maximum Gasteiger partial charge on any atom is 0.416 e. The standard InChI is InChI=1S/C15H13F3N2O3/c1-10-5-6-13(23-10)8-19-20-14(21)9-22-12-4-2-3-11(7-12)15(16,17)18/h2-8H,9H2,1H3,(H,20,21)/b19-8+. The molecule has 0 aliphatic carbocycles. The SMILES string of the molecule is Cc1ccc(/C=N/NC(=O)COc2cccc(C(F)(F)F)c2)o1. The molecule has 23 heavy (non-hydrogen) atoms. The van der Waals surface area contributed by atoms with Crippen LogP contribution in [-0.2, 0) is 11.0 Å². The number of aryl methyl sites for hydroxylation is 1. The van der Waals surface area contributed by atoms with E-state index in [0.29, 0.717) is 11.5 Å². The van der Waals surface area contributed by atoms with Crippen LogP contribution in [0.25, 0.3) is 0 Å². The first-order valence-corrected chi connectivity index (χ1v) is 6.53. The Balaban J connectivity index is 1.83. The first kappa shape index (κ1) is 16.6. The molecule has 1 aromatic heterocycles. The van der Waals surface area contributed by atoms with E-state index in [2.05, 4.69) is 10.5 Å². The lowest BCUT2D eigenvalue weighted by atomic mass is 10.2. The second-order valence-electron chi connectivity index (χ2n) is 4.56. The van der Waals surface area contributed by atoms with Gasteiger partial charge in [0.05, 0.1) is 11.8 Å². The molecule has 0 saturated heterocycles. The molecule has 1 heterocycles. The molecule has 0 bridgehead atoms. The molecule has 0 unspecified atom stereocenters. The summed E-state index contributed by atoms with van der Waals surface area (Å²) in [6, 6.07) is 7.68. The van der Waals surface area contributed by atoms with Gasteiger partial charge in [0.2, 0.25) is 0 Å². The molecule has 0 spiro atoms. The van der Waals surface area contributed by atoms with Crippen LogP contribution in [0.4, 0.5) is 13.2 Å². The molecule has 8 heteroatoms. The number of hydrazone groups is 1. The van der Waals surface area contributed by atoms with Crippen molar-refractivity contribution < 1.29 is 27.1 Å². The molecule has 0 atom stereocenters. The minimum Gasteiger partial charge on any atom is -0.484 e. The zero-order chi connectivity index (χ0) is 16.9. The summed E-state index contributed by atoms with van der Waals surface area (Å²) in [5.41, 5.74) is 1.33. The van der Waals surface area contributed by atoms with E-state index in [9.17, 15) is 18.0 Å². The van der Waals surface area contributed by atoms with Crippen LogP contribution in [0.15, 0.2) is 45.9 Å². The average Bonchev–Trinajstić information content (AvgIpc) is 2.90. The van der Waals surface area contributed by atoms with Crippen molar-refractivity contribution in [3.05, 3.63) is 53.5 Å². The number of halogens is 3. The summed E-state index contributed by atoms with van der Waals surface area (Å²) in [4.78, 5) is 11.5. The van der Waals surface area contributed by atoms with Gasteiger partial charge >= 0.3 is 6.18 Å². The van der Waals surface area contributed by atoms with Gasteiger partial charge in [0.25, 0.3) is 5.91 Å². The fourth-order valence-electron chi connectivity index (χ4n) is 1.63. The van der Waals surface area contributed by atoms with Crippen molar-refractivity contribution in [2.24, 2.45) is 5.10 Å². The first-order chi connectivity index (χ1) is 10.8. The van der Waals surface area contributed by atoms with Crippen LogP contribution in [0, 0.1) is 6.92 Å². The Morgan fingerprint density at radius 1 is 1.35 bits per heavy atom. The van der Waals surface area contributed by atoms with Crippen molar-refractivity contribution in [2.45, 2.75) is 13.1 Å². The molecule has 1 aromatic carbocycles. The molecule has 0 aliphatic rings. The molecule has 5 nitrogen and oxygen atoms in total. The van der Waals surface area contributed by atoms with Gasteiger partial charge in [-0.05, 0) is 37.3 Å². The van der Waals surface area contributed by atoms with Gasteiger partial charge < -0.3 is 9.15 Å². The van der Waals surface area contributed by atoms with E-state index in [1.165, 1.54) is 18.3 Å². The number of benzene rings is 1. The highest BCUT2D eigenvalue weighted by Crippen LogP contribution is 2.31.